The Morgan fingerprint density at radius 2 is 1.78 bits per heavy atom. The Morgan fingerprint density at radius 3 is 1.78 bits per heavy atom. The Morgan fingerprint density at radius 1 is 1.44 bits per heavy atom. The largest absolute Gasteiger partial charge is 1.00 e. The van der Waals surface area contributed by atoms with Crippen molar-refractivity contribution in [2.45, 2.75) is 0 Å². The number of aliphatic carboxylic acids is 1. The van der Waals surface area contributed by atoms with Crippen LogP contribution in [0.3, 0.4) is 0 Å². The van der Waals surface area contributed by atoms with Crippen LogP contribution in [0.2, 0.25) is 0 Å². The van der Waals surface area contributed by atoms with Gasteiger partial charge in [0.15, 0.2) is 0 Å². The number of hydrogen-bond donors (Lipinski definition) is 1. The second kappa shape index (κ2) is 5.58. The Hall–Kier alpha value is -0.550. The van der Waals surface area contributed by atoms with Gasteiger partial charge in [-0.15, -0.1) is 0 Å². The predicted octanol–water partition coefficient (Wildman–Crippen LogP) is -3.26. The van der Waals surface area contributed by atoms with Crippen LogP contribution >= 0.6 is 0 Å². The summed E-state index contributed by atoms with van der Waals surface area (Å²) in [7, 11) is 0. The van der Waals surface area contributed by atoms with Gasteiger partial charge in [0.2, 0.25) is 5.92 Å². The van der Waals surface area contributed by atoms with Gasteiger partial charge in [-0.2, -0.15) is 10.5 Å². The van der Waals surface area contributed by atoms with Crippen LogP contribution in [0.5, 0.6) is 0 Å². The topological polar surface area (TPSA) is 84.9 Å². The van der Waals surface area contributed by atoms with Crippen molar-refractivity contribution in [2.24, 2.45) is 5.92 Å². The maximum atomic E-state index is 9.72. The number of nitrogens with zero attached hydrogens (tertiary/aromatic N) is 2. The van der Waals surface area contributed by atoms with E-state index in [-0.39, 0.29) is 29.6 Å². The molecule has 4 nitrogen and oxygen atoms in total. The molecule has 0 fully saturated rings. The minimum Gasteiger partial charge on any atom is -0.479 e. The van der Waals surface area contributed by atoms with E-state index in [0.29, 0.717) is 0 Å². The summed E-state index contributed by atoms with van der Waals surface area (Å²) in [5, 5.41) is 23.6. The number of nitriles is 2. The number of rotatable bonds is 1. The van der Waals surface area contributed by atoms with E-state index < -0.39 is 11.9 Å². The number of carbonyl (C=O) groups is 1. The third-order valence-electron chi connectivity index (χ3n) is 0.505. The summed E-state index contributed by atoms with van der Waals surface area (Å²) in [4.78, 5) is 9.72. The molecule has 0 rings (SSSR count). The molecule has 0 atom stereocenters. The van der Waals surface area contributed by atoms with E-state index in [1.807, 2.05) is 0 Å². The van der Waals surface area contributed by atoms with Crippen LogP contribution in [0.25, 0.3) is 0 Å². The van der Waals surface area contributed by atoms with E-state index in [0.717, 1.165) is 0 Å². The molecule has 0 heterocycles. The first kappa shape index (κ1) is 11.3. The summed E-state index contributed by atoms with van der Waals surface area (Å²) in [5.74, 6) is -2.91. The van der Waals surface area contributed by atoms with Gasteiger partial charge >= 0.3 is 35.5 Å². The quantitative estimate of drug-likeness (QED) is 0.380. The number of carboxylic acid groups (broad SMARTS) is 1. The molecule has 0 aromatic carbocycles. The molecule has 5 heteroatoms. The first-order chi connectivity index (χ1) is 3.72. The van der Waals surface area contributed by atoms with Gasteiger partial charge in [-0.05, 0) is 0 Å². The fraction of sp³-hybridized carbons (Fsp3) is 0.250. The van der Waals surface area contributed by atoms with Crippen LogP contribution in [-0.2, 0) is 4.79 Å². The number of hydrogen-bond acceptors (Lipinski definition) is 3. The van der Waals surface area contributed by atoms with Crippen molar-refractivity contribution in [3.05, 3.63) is 0 Å². The van der Waals surface area contributed by atoms with E-state index in [9.17, 15) is 4.79 Å². The molecule has 0 aliphatic carbocycles. The second-order valence-corrected chi connectivity index (χ2v) is 1.03. The Kier molecular flexibility index (Phi) is 6.99. The molecule has 0 saturated carbocycles. The van der Waals surface area contributed by atoms with Crippen molar-refractivity contribution < 1.29 is 39.5 Å². The van der Waals surface area contributed by atoms with Crippen molar-refractivity contribution >= 4 is 5.97 Å². The van der Waals surface area contributed by atoms with Crippen LogP contribution in [0, 0.1) is 28.6 Å². The van der Waals surface area contributed by atoms with Gasteiger partial charge in [0.1, 0.15) is 0 Å². The van der Waals surface area contributed by atoms with Crippen LogP contribution in [-0.4, -0.2) is 11.1 Å². The average molecular weight is 133 g/mol. The third kappa shape index (κ3) is 3.99. The first-order valence-corrected chi connectivity index (χ1v) is 1.74. The zero-order valence-electron chi connectivity index (χ0n) is 4.83. The Balaban J connectivity index is 0. The molecule has 0 aromatic heterocycles. The normalized spacial score (nSPS) is 6.56. The number of carboxylic acids is 1. The van der Waals surface area contributed by atoms with Crippen molar-refractivity contribution in [3.63, 3.8) is 0 Å². The van der Waals surface area contributed by atoms with E-state index in [1.165, 1.54) is 12.1 Å². The van der Waals surface area contributed by atoms with Crippen LogP contribution in [0.1, 0.15) is 0 Å². The average Bonchev–Trinajstić information content (AvgIpc) is 1.69. The third-order valence-corrected chi connectivity index (χ3v) is 0.505. The molecule has 0 bridgehead atoms. The van der Waals surface area contributed by atoms with E-state index in [2.05, 4.69) is 0 Å². The van der Waals surface area contributed by atoms with Crippen LogP contribution < -0.4 is 29.6 Å². The fourth-order valence-corrected chi connectivity index (χ4v) is 0.139. The molecule has 0 aliphatic rings. The molecule has 0 aliphatic heterocycles. The molecule has 1 N–H and O–H groups in total. The van der Waals surface area contributed by atoms with Gasteiger partial charge in [-0.3, -0.25) is 0 Å². The van der Waals surface area contributed by atoms with Crippen LogP contribution in [0.15, 0.2) is 0 Å². The fourth-order valence-electron chi connectivity index (χ4n) is 0.139. The SMILES string of the molecule is N#CC(C#N)C(=O)O.[Na+]. The van der Waals surface area contributed by atoms with Gasteiger partial charge < -0.3 is 5.11 Å². The summed E-state index contributed by atoms with van der Waals surface area (Å²) in [6.07, 6.45) is 0. The van der Waals surface area contributed by atoms with Gasteiger partial charge in [-0.25, -0.2) is 4.79 Å². The second-order valence-electron chi connectivity index (χ2n) is 1.03. The molecular weight excluding hydrogens is 131 g/mol. The summed E-state index contributed by atoms with van der Waals surface area (Å²) in [6.45, 7) is 0. The zero-order valence-corrected chi connectivity index (χ0v) is 6.83. The Labute approximate surface area is 74.0 Å². The zero-order chi connectivity index (χ0) is 6.57. The molecule has 0 unspecified atom stereocenters. The summed E-state index contributed by atoms with van der Waals surface area (Å²) in [5.41, 5.74) is 0. The van der Waals surface area contributed by atoms with Crippen molar-refractivity contribution in [2.75, 3.05) is 0 Å². The van der Waals surface area contributed by atoms with Crippen molar-refractivity contribution in [1.29, 1.82) is 10.5 Å². The maximum absolute atomic E-state index is 9.72. The molecular formula is C4H2N2NaO2+. The first-order valence-electron chi connectivity index (χ1n) is 1.74. The predicted molar refractivity (Wildman–Crippen MR) is 22.4 cm³/mol. The van der Waals surface area contributed by atoms with Gasteiger partial charge in [0.25, 0.3) is 0 Å². The van der Waals surface area contributed by atoms with E-state index in [4.69, 9.17) is 15.6 Å². The van der Waals surface area contributed by atoms with Crippen molar-refractivity contribution in [1.82, 2.24) is 0 Å². The van der Waals surface area contributed by atoms with E-state index in [1.54, 1.807) is 0 Å². The Bertz CT molecular complexity index is 164. The standard InChI is InChI=1S/C4H2N2O2.Na/c5-1-3(2-6)4(7)8;/h3H,(H,7,8);/q;+1. The molecule has 0 saturated heterocycles. The molecule has 40 valence electrons. The van der Waals surface area contributed by atoms with Crippen molar-refractivity contribution in [3.8, 4) is 12.1 Å². The minimum absolute atomic E-state index is 0. The van der Waals surface area contributed by atoms with Crippen LogP contribution in [0.4, 0.5) is 0 Å². The molecule has 0 radical (unpaired) electrons. The minimum atomic E-state index is -1.52. The molecule has 0 amide bonds. The molecule has 9 heavy (non-hydrogen) atoms. The molecule has 0 aromatic rings. The van der Waals surface area contributed by atoms with E-state index >= 15 is 0 Å². The summed E-state index contributed by atoms with van der Waals surface area (Å²) >= 11 is 0. The van der Waals surface area contributed by atoms with Gasteiger partial charge in [0, 0.05) is 0 Å². The van der Waals surface area contributed by atoms with Gasteiger partial charge in [-0.1, -0.05) is 0 Å². The smallest absolute Gasteiger partial charge is 0.479 e. The molecule has 0 spiro atoms. The monoisotopic (exact) mass is 133 g/mol. The summed E-state index contributed by atoms with van der Waals surface area (Å²) in [6, 6.07) is 2.58. The summed E-state index contributed by atoms with van der Waals surface area (Å²) < 4.78 is 0. The maximum Gasteiger partial charge on any atom is 1.00 e. The van der Waals surface area contributed by atoms with Gasteiger partial charge in [0.05, 0.1) is 12.1 Å².